The second-order valence-electron chi connectivity index (χ2n) is 11.5. The van der Waals surface area contributed by atoms with Crippen LogP contribution in [-0.2, 0) is 34.5 Å². The highest BCUT2D eigenvalue weighted by molar-refractivity contribution is 7.54. The van der Waals surface area contributed by atoms with E-state index in [9.17, 15) is 29.2 Å². The van der Waals surface area contributed by atoms with Crippen LogP contribution in [0, 0.1) is 5.92 Å². The molecule has 2 aliphatic rings. The number of aliphatic hydroxyl groups is 2. The van der Waals surface area contributed by atoms with Gasteiger partial charge in [0.05, 0.1) is 26.4 Å². The van der Waals surface area contributed by atoms with Crippen LogP contribution in [0.5, 0.6) is 5.75 Å². The number of nitrogens with one attached hydrogen (secondary N) is 2. The zero-order valence-corrected chi connectivity index (χ0v) is 27.6. The average Bonchev–Trinajstić information content (AvgIpc) is 3.25. The van der Waals surface area contributed by atoms with Gasteiger partial charge in [-0.1, -0.05) is 57.2 Å². The van der Waals surface area contributed by atoms with Gasteiger partial charge in [-0.15, -0.1) is 0 Å². The van der Waals surface area contributed by atoms with Gasteiger partial charge in [-0.05, 0) is 38.7 Å². The number of hydrogen-bond acceptors (Lipinski definition) is 10. The molecule has 1 aliphatic heterocycles. The van der Waals surface area contributed by atoms with E-state index in [4.69, 9.17) is 18.5 Å². The minimum Gasteiger partial charge on any atom is -0.491 e. The first-order valence-electron chi connectivity index (χ1n) is 16.1. The molecule has 45 heavy (non-hydrogen) atoms. The van der Waals surface area contributed by atoms with Gasteiger partial charge in [-0.25, -0.2) is 4.79 Å². The number of aliphatic hydroxyl groups excluding tert-OH is 1. The van der Waals surface area contributed by atoms with Gasteiger partial charge in [-0.3, -0.25) is 14.2 Å². The molecule has 0 bridgehead atoms. The maximum atomic E-state index is 13.8. The van der Waals surface area contributed by atoms with Crippen LogP contribution >= 0.6 is 7.60 Å². The van der Waals surface area contributed by atoms with Crippen molar-refractivity contribution in [3.63, 3.8) is 0 Å². The standard InChI is InChI=1S/C31H50N3O10P/c1-4-19-42-30(38)32-25(21-23-12-8-7-9-13-23)28(36)33-31(39,29(37)45(40,43-5-2)44-6-3)17-16-27(35)34-18-20-41-26-15-11-10-14-24(26)22-34/h10-11,14-15,23,25,29,37,39H,4-9,12-13,16-22H2,1-3H3,(H,32,38)(H,33,36)/t25-,29?,31?/m0/s1. The van der Waals surface area contributed by atoms with Crippen LogP contribution in [0.1, 0.15) is 84.1 Å². The number of fused-ring (bicyclic) bond motifs is 1. The Morgan fingerprint density at radius 2 is 1.80 bits per heavy atom. The van der Waals surface area contributed by atoms with E-state index in [1.807, 2.05) is 31.2 Å². The van der Waals surface area contributed by atoms with Crippen molar-refractivity contribution in [2.24, 2.45) is 5.92 Å². The summed E-state index contributed by atoms with van der Waals surface area (Å²) in [7, 11) is -4.40. The summed E-state index contributed by atoms with van der Waals surface area (Å²) in [4.78, 5) is 41.3. The molecule has 0 radical (unpaired) electrons. The van der Waals surface area contributed by atoms with Crippen molar-refractivity contribution in [3.8, 4) is 5.75 Å². The van der Waals surface area contributed by atoms with E-state index in [1.165, 1.54) is 0 Å². The first-order chi connectivity index (χ1) is 21.5. The van der Waals surface area contributed by atoms with E-state index in [-0.39, 0.29) is 64.2 Å². The first kappa shape index (κ1) is 36.8. The molecule has 2 unspecified atom stereocenters. The Labute approximate surface area is 265 Å². The lowest BCUT2D eigenvalue weighted by Gasteiger charge is -2.38. The highest BCUT2D eigenvalue weighted by Crippen LogP contribution is 2.55. The van der Waals surface area contributed by atoms with Gasteiger partial charge >= 0.3 is 13.7 Å². The SMILES string of the molecule is CCCOC(=O)N[C@@H](CC1CCCCC1)C(=O)NC(O)(CCC(=O)N1CCOc2ccccc2C1)C(O)P(=O)(OCC)OCC. The molecule has 1 heterocycles. The number of carbonyl (C=O) groups excluding carboxylic acids is 3. The van der Waals surface area contributed by atoms with Gasteiger partial charge in [0.25, 0.3) is 0 Å². The summed E-state index contributed by atoms with van der Waals surface area (Å²) in [6.07, 6.45) is 4.09. The predicted octanol–water partition coefficient (Wildman–Crippen LogP) is 4.05. The number of carbonyl (C=O) groups is 3. The second kappa shape index (κ2) is 17.9. The van der Waals surface area contributed by atoms with Crippen molar-refractivity contribution < 1.29 is 47.7 Å². The normalized spacial score (nSPS) is 18.4. The quantitative estimate of drug-likeness (QED) is 0.150. The molecule has 0 saturated heterocycles. The Morgan fingerprint density at radius 1 is 1.11 bits per heavy atom. The monoisotopic (exact) mass is 655 g/mol. The van der Waals surface area contributed by atoms with Crippen molar-refractivity contribution in [2.75, 3.05) is 33.0 Å². The summed E-state index contributed by atoms with van der Waals surface area (Å²) in [5.74, 6) is -2.61. The summed E-state index contributed by atoms with van der Waals surface area (Å²) in [5, 5.41) is 28.3. The number of ether oxygens (including phenoxy) is 2. The molecule has 1 aliphatic carbocycles. The van der Waals surface area contributed by atoms with Crippen molar-refractivity contribution in [1.29, 1.82) is 0 Å². The average molecular weight is 656 g/mol. The number of para-hydroxylation sites is 1. The van der Waals surface area contributed by atoms with Crippen molar-refractivity contribution >= 4 is 25.5 Å². The summed E-state index contributed by atoms with van der Waals surface area (Å²) >= 11 is 0. The van der Waals surface area contributed by atoms with Gasteiger partial charge in [0.2, 0.25) is 17.7 Å². The summed E-state index contributed by atoms with van der Waals surface area (Å²) in [5.41, 5.74) is -1.80. The lowest BCUT2D eigenvalue weighted by atomic mass is 9.84. The maximum Gasteiger partial charge on any atom is 0.407 e. The highest BCUT2D eigenvalue weighted by Gasteiger charge is 2.51. The molecule has 1 aromatic carbocycles. The Bertz CT molecular complexity index is 1150. The first-order valence-corrected chi connectivity index (χ1v) is 17.7. The molecule has 14 heteroatoms. The van der Waals surface area contributed by atoms with Crippen LogP contribution < -0.4 is 15.4 Å². The third-order valence-electron chi connectivity index (χ3n) is 8.05. The molecule has 3 rings (SSSR count). The Morgan fingerprint density at radius 3 is 2.47 bits per heavy atom. The smallest absolute Gasteiger partial charge is 0.407 e. The molecule has 1 fully saturated rings. The third kappa shape index (κ3) is 10.7. The van der Waals surface area contributed by atoms with Gasteiger partial charge in [0.15, 0.2) is 5.72 Å². The predicted molar refractivity (Wildman–Crippen MR) is 166 cm³/mol. The van der Waals surface area contributed by atoms with Gasteiger partial charge in [0.1, 0.15) is 18.4 Å². The van der Waals surface area contributed by atoms with Crippen LogP contribution in [0.15, 0.2) is 24.3 Å². The van der Waals surface area contributed by atoms with Crippen molar-refractivity contribution in [3.05, 3.63) is 29.8 Å². The zero-order chi connectivity index (χ0) is 32.9. The van der Waals surface area contributed by atoms with Crippen LogP contribution in [0.2, 0.25) is 0 Å². The summed E-state index contributed by atoms with van der Waals surface area (Å²) in [6, 6.07) is 6.24. The maximum absolute atomic E-state index is 13.8. The largest absolute Gasteiger partial charge is 0.491 e. The third-order valence-corrected chi connectivity index (χ3v) is 10.3. The molecule has 254 valence electrons. The van der Waals surface area contributed by atoms with E-state index in [0.29, 0.717) is 12.2 Å². The van der Waals surface area contributed by atoms with Crippen molar-refractivity contribution in [2.45, 2.75) is 103 Å². The molecule has 1 aromatic rings. The molecule has 0 spiro atoms. The van der Waals surface area contributed by atoms with E-state index in [2.05, 4.69) is 10.6 Å². The van der Waals surface area contributed by atoms with E-state index >= 15 is 0 Å². The summed E-state index contributed by atoms with van der Waals surface area (Å²) < 4.78 is 35.1. The Kier molecular flexibility index (Phi) is 14.6. The molecule has 3 atom stereocenters. The van der Waals surface area contributed by atoms with E-state index < -0.39 is 43.6 Å². The summed E-state index contributed by atoms with van der Waals surface area (Å²) in [6.45, 7) is 5.69. The van der Waals surface area contributed by atoms with E-state index in [0.717, 1.165) is 37.7 Å². The lowest BCUT2D eigenvalue weighted by molar-refractivity contribution is -0.144. The Balaban J connectivity index is 1.85. The highest BCUT2D eigenvalue weighted by atomic mass is 31.2. The molecule has 1 saturated carbocycles. The minimum atomic E-state index is -4.40. The fourth-order valence-corrected chi connectivity index (χ4v) is 7.51. The number of alkyl carbamates (subject to hydrolysis) is 1. The minimum absolute atomic E-state index is 0.111. The number of nitrogens with zero attached hydrogens (tertiary/aromatic N) is 1. The van der Waals surface area contributed by atoms with Crippen LogP contribution in [-0.4, -0.2) is 83.6 Å². The van der Waals surface area contributed by atoms with E-state index in [1.54, 1.807) is 18.7 Å². The fraction of sp³-hybridized carbons (Fsp3) is 0.710. The Hall–Kier alpha value is -2.70. The van der Waals surface area contributed by atoms with Crippen LogP contribution in [0.25, 0.3) is 0 Å². The molecular weight excluding hydrogens is 605 g/mol. The number of amides is 3. The molecular formula is C31H50N3O10P. The molecule has 4 N–H and O–H groups in total. The number of benzene rings is 1. The second-order valence-corrected chi connectivity index (χ2v) is 13.6. The topological polar surface area (TPSA) is 173 Å². The molecule has 13 nitrogen and oxygen atoms in total. The number of rotatable bonds is 16. The zero-order valence-electron chi connectivity index (χ0n) is 26.7. The van der Waals surface area contributed by atoms with Gasteiger partial charge in [0, 0.05) is 24.9 Å². The van der Waals surface area contributed by atoms with Crippen molar-refractivity contribution in [1.82, 2.24) is 15.5 Å². The molecule has 3 amide bonds. The lowest BCUT2D eigenvalue weighted by Crippen LogP contribution is -2.61. The number of hydrogen-bond donors (Lipinski definition) is 4. The van der Waals surface area contributed by atoms with Gasteiger partial charge < -0.3 is 44.3 Å². The molecule has 0 aromatic heterocycles. The van der Waals surface area contributed by atoms with Gasteiger partial charge in [-0.2, -0.15) is 0 Å². The fourth-order valence-electron chi connectivity index (χ4n) is 5.72. The van der Waals surface area contributed by atoms with Crippen LogP contribution in [0.4, 0.5) is 4.79 Å². The van der Waals surface area contributed by atoms with Crippen LogP contribution in [0.3, 0.4) is 0 Å².